The molecule has 0 fully saturated rings. The van der Waals surface area contributed by atoms with Gasteiger partial charge in [0.05, 0.1) is 12.1 Å². The van der Waals surface area contributed by atoms with Gasteiger partial charge in [0.1, 0.15) is 5.75 Å². The second kappa shape index (κ2) is 5.36. The van der Waals surface area contributed by atoms with Crippen LogP contribution in [0.1, 0.15) is 13.8 Å². The topological polar surface area (TPSA) is 77.0 Å². The first kappa shape index (κ1) is 13.5. The fourth-order valence-electron chi connectivity index (χ4n) is 1.57. The van der Waals surface area contributed by atoms with Crippen LogP contribution in [0.5, 0.6) is 17.2 Å². The molecule has 6 nitrogen and oxygen atoms in total. The first-order valence-corrected chi connectivity index (χ1v) is 5.94. The molecule has 0 bridgehead atoms. The van der Waals surface area contributed by atoms with Gasteiger partial charge in [0.2, 0.25) is 6.79 Å². The smallest absolute Gasteiger partial charge is 0.258 e. The molecule has 0 spiro atoms. The van der Waals surface area contributed by atoms with Crippen LogP contribution < -0.4 is 19.5 Å². The lowest BCUT2D eigenvalue weighted by Gasteiger charge is -2.23. The summed E-state index contributed by atoms with van der Waals surface area (Å²) in [5.41, 5.74) is -0.657. The van der Waals surface area contributed by atoms with E-state index in [1.807, 2.05) is 0 Å². The van der Waals surface area contributed by atoms with Crippen LogP contribution in [0.3, 0.4) is 0 Å². The molecule has 1 aliphatic heterocycles. The highest BCUT2D eigenvalue weighted by Crippen LogP contribution is 2.34. The highest BCUT2D eigenvalue weighted by molar-refractivity contribution is 5.78. The number of hydrogen-bond donors (Lipinski definition) is 2. The molecule has 0 saturated heterocycles. The van der Waals surface area contributed by atoms with E-state index in [1.54, 1.807) is 32.0 Å². The molecule has 1 aliphatic rings. The molecule has 0 aliphatic carbocycles. The molecule has 1 aromatic rings. The monoisotopic (exact) mass is 267 g/mol. The normalized spacial score (nSPS) is 13.2. The minimum absolute atomic E-state index is 0.122. The molecule has 104 valence electrons. The van der Waals surface area contributed by atoms with Crippen molar-refractivity contribution >= 4 is 5.91 Å². The average Bonchev–Trinajstić information content (AvgIpc) is 2.83. The molecular formula is C13H17NO5. The SMILES string of the molecule is CC(C)(CO)NC(=O)COc1ccc2c(c1)OCO2. The number of carbonyl (C=O) groups excluding carboxylic acids is 1. The summed E-state index contributed by atoms with van der Waals surface area (Å²) >= 11 is 0. The van der Waals surface area contributed by atoms with Gasteiger partial charge in [-0.1, -0.05) is 0 Å². The fraction of sp³-hybridized carbons (Fsp3) is 0.462. The third-order valence-electron chi connectivity index (χ3n) is 2.59. The molecule has 0 aromatic heterocycles. The van der Waals surface area contributed by atoms with E-state index < -0.39 is 5.54 Å². The predicted molar refractivity (Wildman–Crippen MR) is 67.4 cm³/mol. The average molecular weight is 267 g/mol. The second-order valence-electron chi connectivity index (χ2n) is 4.89. The molecule has 0 atom stereocenters. The van der Waals surface area contributed by atoms with Crippen molar-refractivity contribution in [2.24, 2.45) is 0 Å². The summed E-state index contributed by atoms with van der Waals surface area (Å²) in [6.07, 6.45) is 0. The van der Waals surface area contributed by atoms with Crippen molar-refractivity contribution in [1.82, 2.24) is 5.32 Å². The Labute approximate surface area is 111 Å². The van der Waals surface area contributed by atoms with Crippen LogP contribution >= 0.6 is 0 Å². The van der Waals surface area contributed by atoms with Crippen molar-refractivity contribution in [2.45, 2.75) is 19.4 Å². The van der Waals surface area contributed by atoms with Gasteiger partial charge in [-0.05, 0) is 26.0 Å². The Hall–Kier alpha value is -1.95. The molecule has 1 amide bonds. The quantitative estimate of drug-likeness (QED) is 0.820. The second-order valence-corrected chi connectivity index (χ2v) is 4.89. The highest BCUT2D eigenvalue weighted by Gasteiger charge is 2.19. The molecule has 2 N–H and O–H groups in total. The van der Waals surface area contributed by atoms with E-state index >= 15 is 0 Å². The molecule has 2 rings (SSSR count). The number of aliphatic hydroxyl groups is 1. The van der Waals surface area contributed by atoms with Gasteiger partial charge in [0, 0.05) is 6.07 Å². The molecule has 6 heteroatoms. The predicted octanol–water partition coefficient (Wildman–Crippen LogP) is 0.681. The van der Waals surface area contributed by atoms with Gasteiger partial charge in [-0.3, -0.25) is 4.79 Å². The van der Waals surface area contributed by atoms with Gasteiger partial charge in [0.15, 0.2) is 18.1 Å². The Morgan fingerprint density at radius 1 is 1.42 bits per heavy atom. The minimum atomic E-state index is -0.657. The molecule has 0 saturated carbocycles. The number of carbonyl (C=O) groups is 1. The lowest BCUT2D eigenvalue weighted by molar-refractivity contribution is -0.125. The Bertz CT molecular complexity index is 472. The summed E-state index contributed by atoms with van der Waals surface area (Å²) in [5.74, 6) is 1.50. The zero-order valence-corrected chi connectivity index (χ0v) is 10.9. The molecule has 1 heterocycles. The van der Waals surface area contributed by atoms with E-state index in [1.165, 1.54) is 0 Å². The van der Waals surface area contributed by atoms with Crippen molar-refractivity contribution in [3.05, 3.63) is 18.2 Å². The van der Waals surface area contributed by atoms with Crippen molar-refractivity contribution in [3.8, 4) is 17.2 Å². The minimum Gasteiger partial charge on any atom is -0.484 e. The van der Waals surface area contributed by atoms with Crippen molar-refractivity contribution in [1.29, 1.82) is 0 Å². The van der Waals surface area contributed by atoms with Crippen LogP contribution in [-0.4, -0.2) is 36.6 Å². The first-order valence-electron chi connectivity index (χ1n) is 5.94. The van der Waals surface area contributed by atoms with Gasteiger partial charge in [0.25, 0.3) is 5.91 Å². The van der Waals surface area contributed by atoms with Crippen molar-refractivity contribution in [3.63, 3.8) is 0 Å². The van der Waals surface area contributed by atoms with Crippen LogP contribution in [0.25, 0.3) is 0 Å². The standard InChI is InChI=1S/C13H17NO5/c1-13(2,7-15)14-12(16)6-17-9-3-4-10-11(5-9)19-8-18-10/h3-5,15H,6-8H2,1-2H3,(H,14,16). The number of hydrogen-bond acceptors (Lipinski definition) is 5. The lowest BCUT2D eigenvalue weighted by Crippen LogP contribution is -2.48. The van der Waals surface area contributed by atoms with Gasteiger partial charge in [-0.2, -0.15) is 0 Å². The van der Waals surface area contributed by atoms with Gasteiger partial charge < -0.3 is 24.6 Å². The van der Waals surface area contributed by atoms with Crippen LogP contribution in [-0.2, 0) is 4.79 Å². The molecule has 19 heavy (non-hydrogen) atoms. The highest BCUT2D eigenvalue weighted by atomic mass is 16.7. The maximum Gasteiger partial charge on any atom is 0.258 e. The van der Waals surface area contributed by atoms with Crippen molar-refractivity contribution < 1.29 is 24.1 Å². The van der Waals surface area contributed by atoms with Crippen LogP contribution in [0.15, 0.2) is 18.2 Å². The summed E-state index contributed by atoms with van der Waals surface area (Å²) in [6.45, 7) is 3.40. The zero-order chi connectivity index (χ0) is 13.9. The number of nitrogens with one attached hydrogen (secondary N) is 1. The van der Waals surface area contributed by atoms with Gasteiger partial charge in [-0.15, -0.1) is 0 Å². The number of aliphatic hydroxyl groups excluding tert-OH is 1. The van der Waals surface area contributed by atoms with Crippen molar-refractivity contribution in [2.75, 3.05) is 20.0 Å². The third-order valence-corrected chi connectivity index (χ3v) is 2.59. The summed E-state index contributed by atoms with van der Waals surface area (Å²) in [7, 11) is 0. The van der Waals surface area contributed by atoms with E-state index in [-0.39, 0.29) is 25.9 Å². The van der Waals surface area contributed by atoms with E-state index in [2.05, 4.69) is 5.32 Å². The third kappa shape index (κ3) is 3.51. The van der Waals surface area contributed by atoms with Gasteiger partial charge >= 0.3 is 0 Å². The number of fused-ring (bicyclic) bond motifs is 1. The van der Waals surface area contributed by atoms with E-state index in [9.17, 15) is 4.79 Å². The van der Waals surface area contributed by atoms with Gasteiger partial charge in [-0.25, -0.2) is 0 Å². The first-order chi connectivity index (χ1) is 9.00. The Kier molecular flexibility index (Phi) is 3.80. The van der Waals surface area contributed by atoms with Crippen LogP contribution in [0, 0.1) is 0 Å². The summed E-state index contributed by atoms with van der Waals surface area (Å²) < 4.78 is 15.7. The maximum atomic E-state index is 11.6. The largest absolute Gasteiger partial charge is 0.484 e. The fourth-order valence-corrected chi connectivity index (χ4v) is 1.57. The Morgan fingerprint density at radius 3 is 2.89 bits per heavy atom. The molecule has 1 aromatic carbocycles. The number of rotatable bonds is 5. The molecule has 0 radical (unpaired) electrons. The maximum absolute atomic E-state index is 11.6. The lowest BCUT2D eigenvalue weighted by atomic mass is 10.1. The summed E-state index contributed by atoms with van der Waals surface area (Å²) in [4.78, 5) is 11.6. The number of ether oxygens (including phenoxy) is 3. The number of benzene rings is 1. The van der Waals surface area contributed by atoms with E-state index in [4.69, 9.17) is 19.3 Å². The molecular weight excluding hydrogens is 250 g/mol. The number of amides is 1. The molecule has 0 unspecified atom stereocenters. The summed E-state index contributed by atoms with van der Waals surface area (Å²) in [6, 6.07) is 5.11. The van der Waals surface area contributed by atoms with Crippen LogP contribution in [0.2, 0.25) is 0 Å². The Balaban J connectivity index is 1.87. The van der Waals surface area contributed by atoms with E-state index in [0.29, 0.717) is 17.2 Å². The zero-order valence-electron chi connectivity index (χ0n) is 10.9. The van der Waals surface area contributed by atoms with Crippen LogP contribution in [0.4, 0.5) is 0 Å². The van der Waals surface area contributed by atoms with E-state index in [0.717, 1.165) is 0 Å². The Morgan fingerprint density at radius 2 is 2.16 bits per heavy atom. The summed E-state index contributed by atoms with van der Waals surface area (Å²) in [5, 5.41) is 11.7.